The van der Waals surface area contributed by atoms with Gasteiger partial charge in [0.25, 0.3) is 0 Å². The van der Waals surface area contributed by atoms with E-state index in [1.807, 2.05) is 27.7 Å². The minimum absolute atomic E-state index is 0.000258. The molecular weight excluding hydrogens is 1770 g/mol. The van der Waals surface area contributed by atoms with Gasteiger partial charge in [-0.1, -0.05) is 216 Å². The highest BCUT2D eigenvalue weighted by Gasteiger charge is 2.75. The summed E-state index contributed by atoms with van der Waals surface area (Å²) in [7, 11) is 1.50. The molecule has 7 aromatic carbocycles. The van der Waals surface area contributed by atoms with Gasteiger partial charge >= 0.3 is 0 Å². The largest absolute Gasteiger partial charge is 0.396 e. The van der Waals surface area contributed by atoms with Crippen molar-refractivity contribution in [3.8, 4) is 0 Å². The van der Waals surface area contributed by atoms with Crippen LogP contribution in [0.3, 0.4) is 0 Å². The maximum atomic E-state index is 18.3. The monoisotopic (exact) mass is 1920 g/mol. The molecule has 0 saturated carbocycles. The summed E-state index contributed by atoms with van der Waals surface area (Å²) in [5.74, 6) is -7.48. The lowest BCUT2D eigenvalue weighted by atomic mass is 9.39. The van der Waals surface area contributed by atoms with Gasteiger partial charge in [-0.15, -0.1) is 0 Å². The van der Waals surface area contributed by atoms with Crippen LogP contribution in [0.25, 0.3) is 0 Å². The highest BCUT2D eigenvalue weighted by atomic mass is 16.5. The lowest BCUT2D eigenvalue weighted by Crippen LogP contribution is -2.74. The average molecular weight is 1920 g/mol. The first kappa shape index (κ1) is 116. The summed E-state index contributed by atoms with van der Waals surface area (Å²) < 4.78 is 59.0. The van der Waals surface area contributed by atoms with Crippen molar-refractivity contribution in [3.05, 3.63) is 248 Å². The Labute approximate surface area is 815 Å². The molecule has 0 radical (unpaired) electrons. The van der Waals surface area contributed by atoms with Crippen molar-refractivity contribution in [2.45, 2.75) is 302 Å². The Morgan fingerprint density at radius 1 is 0.326 bits per heavy atom. The van der Waals surface area contributed by atoms with E-state index in [2.05, 4.69) is 0 Å². The van der Waals surface area contributed by atoms with Crippen molar-refractivity contribution in [2.24, 2.45) is 10.8 Å². The molecule has 0 spiro atoms. The summed E-state index contributed by atoms with van der Waals surface area (Å²) in [5.41, 5.74) is -24.8. The number of rotatable bonds is 72. The predicted molar refractivity (Wildman–Crippen MR) is 525 cm³/mol. The first-order valence-corrected chi connectivity index (χ1v) is 48.8. The Bertz CT molecular complexity index is 4830. The molecule has 0 fully saturated rings. The number of aliphatic hydroxyl groups excluding tert-OH is 4. The van der Waals surface area contributed by atoms with Gasteiger partial charge in [0, 0.05) is 103 Å². The summed E-state index contributed by atoms with van der Waals surface area (Å²) in [6.07, 6.45) is -5.03. The van der Waals surface area contributed by atoms with Gasteiger partial charge in [0.1, 0.15) is 45.3 Å². The van der Waals surface area contributed by atoms with Crippen LogP contribution >= 0.6 is 0 Å². The molecule has 27 heteroatoms. The van der Waals surface area contributed by atoms with Crippen LogP contribution in [0.15, 0.2) is 170 Å². The van der Waals surface area contributed by atoms with Crippen LogP contribution in [0.2, 0.25) is 0 Å². The van der Waals surface area contributed by atoms with E-state index in [9.17, 15) is 40.9 Å². The number of aliphatic hydroxyl groups is 10. The molecule has 0 aliphatic heterocycles. The van der Waals surface area contributed by atoms with Crippen LogP contribution in [-0.2, 0) is 93.6 Å². The van der Waals surface area contributed by atoms with Gasteiger partial charge in [-0.25, -0.2) is 0 Å². The summed E-state index contributed by atoms with van der Waals surface area (Å²) in [6.45, 7) is 19.5. The van der Waals surface area contributed by atoms with Gasteiger partial charge in [0.2, 0.25) is 0 Å². The number of Topliss-reactive ketones (excluding diaryl/α,β-unsaturated/α-hetero) is 7. The van der Waals surface area contributed by atoms with Crippen LogP contribution in [0.1, 0.15) is 310 Å². The van der Waals surface area contributed by atoms with Gasteiger partial charge < -0.3 is 98.4 Å². The minimum Gasteiger partial charge on any atom is -0.396 e. The van der Waals surface area contributed by atoms with Gasteiger partial charge in [0.15, 0.2) is 40.5 Å². The minimum atomic E-state index is -3.61. The van der Waals surface area contributed by atoms with E-state index in [1.165, 1.54) is 130 Å². The quantitative estimate of drug-likeness (QED) is 0.0125. The zero-order chi connectivity index (χ0) is 101. The smallest absolute Gasteiger partial charge is 0.194 e. The number of carbonyl (C=O) groups excluding carboxylic acids is 7. The molecule has 7 rings (SSSR count). The van der Waals surface area contributed by atoms with Crippen molar-refractivity contribution in [3.63, 3.8) is 0 Å². The number of hydrogen-bond donors (Lipinski definition) is 10. The fourth-order valence-corrected chi connectivity index (χ4v) is 18.2. The molecule has 11 unspecified atom stereocenters. The van der Waals surface area contributed by atoms with Gasteiger partial charge in [-0.2, -0.15) is 0 Å². The number of ketones is 7. The number of benzene rings is 7. The molecular formula is C111H154O27. The Morgan fingerprint density at radius 3 is 1.08 bits per heavy atom. The van der Waals surface area contributed by atoms with E-state index in [1.54, 1.807) is 74.5 Å². The van der Waals surface area contributed by atoms with Crippen molar-refractivity contribution in [2.75, 3.05) is 86.4 Å². The second-order valence-corrected chi connectivity index (χ2v) is 38.1. The molecule has 11 atom stereocenters. The SMILES string of the molecule is CCCCOCC(O)COCc1ccc(C(=O)C(C)(O)CC(CCCCC(O)(CC)C(=O)c2ccc(COC(C)C)cc2)(C(O)(CCC(C)(OCC)C(=O)c2ccc(COCC)cc2)C(=O)c2ccc(COCCCCO)cc2)C(CC(C)(O)C(=O)c2ccc(COCCCCCCO)cc2)(CC(C)(O)C(=O)c2ccc(COCC(C)O)cc2)C(C)(O)C(=O)c2ccc(COCCOC)cc2)cc1. The van der Waals surface area contributed by atoms with Crippen molar-refractivity contribution in [1.29, 1.82) is 0 Å². The van der Waals surface area contributed by atoms with Crippen LogP contribution in [0.5, 0.6) is 0 Å². The molecule has 0 amide bonds. The molecule has 0 heterocycles. The molecule has 0 bridgehead atoms. The zero-order valence-electron chi connectivity index (χ0n) is 83.5. The second kappa shape index (κ2) is 56.3. The fourth-order valence-electron chi connectivity index (χ4n) is 18.2. The fraction of sp³-hybridized carbons (Fsp3) is 0.559. The third-order valence-electron chi connectivity index (χ3n) is 26.1. The van der Waals surface area contributed by atoms with Gasteiger partial charge in [-0.3, -0.25) is 33.6 Å². The molecule has 0 aliphatic carbocycles. The third kappa shape index (κ3) is 33.0. The highest BCUT2D eigenvalue weighted by Crippen LogP contribution is 2.68. The van der Waals surface area contributed by atoms with E-state index in [0.717, 1.165) is 58.9 Å². The molecule has 0 saturated heterocycles. The molecule has 7 aromatic rings. The van der Waals surface area contributed by atoms with E-state index < -0.39 is 154 Å². The van der Waals surface area contributed by atoms with Crippen molar-refractivity contribution in [1.82, 2.24) is 0 Å². The summed E-state index contributed by atoms with van der Waals surface area (Å²) in [5, 5.41) is 129. The normalized spacial score (nSPS) is 16.3. The topological polar surface area (TPSA) is 414 Å². The number of unbranched alkanes of at least 4 members (excludes halogenated alkanes) is 6. The number of hydrogen-bond acceptors (Lipinski definition) is 27. The third-order valence-corrected chi connectivity index (χ3v) is 26.1. The zero-order valence-corrected chi connectivity index (χ0v) is 83.5. The predicted octanol–water partition coefficient (Wildman–Crippen LogP) is 15.9. The number of methoxy groups -OCH3 is 1. The van der Waals surface area contributed by atoms with Crippen LogP contribution in [0.4, 0.5) is 0 Å². The molecule has 0 aliphatic rings. The standard InChI is InChI=1S/C111H154O27/c1-14-18-61-133-74-95(115)75-136-72-86-31-45-88(46-32-86)96(116)103(8,123)76-109(56-22-21-55-108(127,15-2)101(121)93-51-39-87(40-52-93)73-137-79(5)6,111(128,102(122)94-53-37-83(38-54-94)69-132-63-26-24-60-113)58-57-106(11,138-17-4)99(119)91-47-33-81(34-48-91)67-130-16-3)110(107(12,126)100(120)92-49-35-84(36-50-92)70-134-65-64-129-13,78-105(10,125)98(118)90-43-29-85(30-44-90)71-135-66-80(7)114)77-104(9,124)97(117)89-41-27-82(28-42-89)68-131-62-25-20-19-23-59-112/h27-54,79-80,95,112-115,123-128H,14-26,55-78H2,1-13H3. The Morgan fingerprint density at radius 2 is 0.674 bits per heavy atom. The van der Waals surface area contributed by atoms with E-state index in [0.29, 0.717) is 78.9 Å². The Balaban J connectivity index is 1.73. The number of ether oxygens (including phenoxy) is 10. The number of carbonyl (C=O) groups is 7. The lowest BCUT2D eigenvalue weighted by molar-refractivity contribution is -0.243. The second-order valence-electron chi connectivity index (χ2n) is 38.1. The summed E-state index contributed by atoms with van der Waals surface area (Å²) in [4.78, 5) is 118. The first-order valence-electron chi connectivity index (χ1n) is 48.8. The van der Waals surface area contributed by atoms with Gasteiger partial charge in [0.05, 0.1) is 91.5 Å². The van der Waals surface area contributed by atoms with E-state index in [4.69, 9.17) is 47.4 Å². The summed E-state index contributed by atoms with van der Waals surface area (Å²) in [6, 6.07) is 42.2. The van der Waals surface area contributed by atoms with Crippen LogP contribution in [0, 0.1) is 10.8 Å². The Kier molecular flexibility index (Phi) is 47.5. The average Bonchev–Trinajstić information content (AvgIpc) is 0.675. The van der Waals surface area contributed by atoms with Gasteiger partial charge in [-0.05, 0) is 192 Å². The summed E-state index contributed by atoms with van der Waals surface area (Å²) >= 11 is 0. The highest BCUT2D eigenvalue weighted by molar-refractivity contribution is 6.08. The molecule has 138 heavy (non-hydrogen) atoms. The van der Waals surface area contributed by atoms with Crippen molar-refractivity contribution >= 4 is 40.5 Å². The first-order chi connectivity index (χ1) is 65.6. The van der Waals surface area contributed by atoms with Crippen molar-refractivity contribution < 1.29 is 132 Å². The Hall–Kier alpha value is -8.57. The van der Waals surface area contributed by atoms with E-state index >= 15 is 43.8 Å². The molecule has 0 aromatic heterocycles. The van der Waals surface area contributed by atoms with Crippen LogP contribution in [-0.4, -0.2) is 235 Å². The lowest BCUT2D eigenvalue weighted by Gasteiger charge is -2.65. The molecule has 27 nitrogen and oxygen atoms in total. The van der Waals surface area contributed by atoms with E-state index in [-0.39, 0.29) is 164 Å². The molecule has 760 valence electrons. The molecule has 10 N–H and O–H groups in total. The van der Waals surface area contributed by atoms with Crippen LogP contribution < -0.4 is 0 Å². The maximum Gasteiger partial charge on any atom is 0.194 e. The maximum absolute atomic E-state index is 18.3.